The molecule has 0 spiro atoms. The van der Waals surface area contributed by atoms with Crippen LogP contribution in [0.1, 0.15) is 11.4 Å². The summed E-state index contributed by atoms with van der Waals surface area (Å²) >= 11 is 1.39. The molecule has 5 nitrogen and oxygen atoms in total. The molecule has 0 N–H and O–H groups in total. The lowest BCUT2D eigenvalue weighted by Gasteiger charge is -2.36. The highest BCUT2D eigenvalue weighted by Gasteiger charge is 2.31. The van der Waals surface area contributed by atoms with Crippen LogP contribution in [0.15, 0.2) is 30.5 Å². The molecule has 1 aromatic carbocycles. The summed E-state index contributed by atoms with van der Waals surface area (Å²) in [5, 5.41) is 1.65. The summed E-state index contributed by atoms with van der Waals surface area (Å²) in [7, 11) is 0. The predicted molar refractivity (Wildman–Crippen MR) is 95.8 cm³/mol. The molecular weight excluding hydrogens is 363 g/mol. The zero-order valence-corrected chi connectivity index (χ0v) is 14.8. The van der Waals surface area contributed by atoms with Gasteiger partial charge in [-0.05, 0) is 25.1 Å². The SMILES string of the molecule is Cc1nsc(N2CCN(c3ccnc4cc(C(F)(F)F)ccc34)CC2)n1. The first-order valence-electron chi connectivity index (χ1n) is 8.18. The number of fused-ring (bicyclic) bond motifs is 1. The second-order valence-corrected chi connectivity index (χ2v) is 6.89. The predicted octanol–water partition coefficient (Wildman–Crippen LogP) is 3.74. The molecule has 0 unspecified atom stereocenters. The number of aryl methyl sites for hydroxylation is 1. The molecular formula is C17H16F3N5S. The molecule has 4 rings (SSSR count). The molecule has 2 aromatic heterocycles. The van der Waals surface area contributed by atoms with E-state index in [-0.39, 0.29) is 0 Å². The van der Waals surface area contributed by atoms with Gasteiger partial charge >= 0.3 is 6.18 Å². The summed E-state index contributed by atoms with van der Waals surface area (Å²) in [5.41, 5.74) is 0.599. The first-order valence-corrected chi connectivity index (χ1v) is 8.95. The number of hydrogen-bond donors (Lipinski definition) is 0. The zero-order chi connectivity index (χ0) is 18.3. The minimum Gasteiger partial charge on any atom is -0.367 e. The Bertz CT molecular complexity index is 932. The Balaban J connectivity index is 1.58. The van der Waals surface area contributed by atoms with E-state index < -0.39 is 11.7 Å². The van der Waals surface area contributed by atoms with Crippen molar-refractivity contribution < 1.29 is 13.2 Å². The van der Waals surface area contributed by atoms with Gasteiger partial charge in [-0.3, -0.25) is 4.98 Å². The fraction of sp³-hybridized carbons (Fsp3) is 0.353. The standard InChI is InChI=1S/C17H16F3N5S/c1-11-22-16(26-23-11)25-8-6-24(7-9-25)15-4-5-21-14-10-12(17(18,19)20)2-3-13(14)15/h2-5,10H,6-9H2,1H3. The zero-order valence-electron chi connectivity index (χ0n) is 14.0. The number of alkyl halides is 3. The maximum atomic E-state index is 12.9. The molecule has 1 aliphatic rings. The van der Waals surface area contributed by atoms with E-state index in [1.165, 1.54) is 17.6 Å². The van der Waals surface area contributed by atoms with Crippen LogP contribution in [-0.2, 0) is 6.18 Å². The largest absolute Gasteiger partial charge is 0.416 e. The van der Waals surface area contributed by atoms with Gasteiger partial charge in [0.15, 0.2) is 0 Å². The molecule has 9 heteroatoms. The lowest BCUT2D eigenvalue weighted by atomic mass is 10.1. The Kier molecular flexibility index (Phi) is 4.18. The third kappa shape index (κ3) is 3.18. The summed E-state index contributed by atoms with van der Waals surface area (Å²) < 4.78 is 43.0. The Morgan fingerprint density at radius 2 is 1.77 bits per heavy atom. The van der Waals surface area contributed by atoms with Crippen molar-refractivity contribution in [3.05, 3.63) is 41.9 Å². The van der Waals surface area contributed by atoms with Crippen LogP contribution >= 0.6 is 11.5 Å². The van der Waals surface area contributed by atoms with Gasteiger partial charge in [-0.2, -0.15) is 17.5 Å². The average Bonchev–Trinajstić information content (AvgIpc) is 3.06. The number of aromatic nitrogens is 3. The first-order chi connectivity index (χ1) is 12.4. The Labute approximate surface area is 152 Å². The summed E-state index contributed by atoms with van der Waals surface area (Å²) in [4.78, 5) is 12.9. The quantitative estimate of drug-likeness (QED) is 0.679. The number of pyridine rings is 1. The molecule has 3 aromatic rings. The maximum Gasteiger partial charge on any atom is 0.416 e. The van der Waals surface area contributed by atoms with E-state index in [1.807, 2.05) is 13.0 Å². The van der Waals surface area contributed by atoms with Crippen LogP contribution in [0.25, 0.3) is 10.9 Å². The van der Waals surface area contributed by atoms with Crippen molar-refractivity contribution in [2.24, 2.45) is 0 Å². The van der Waals surface area contributed by atoms with Gasteiger partial charge in [-0.1, -0.05) is 6.07 Å². The third-order valence-corrected chi connectivity index (χ3v) is 5.32. The molecule has 0 bridgehead atoms. The highest BCUT2D eigenvalue weighted by Crippen LogP contribution is 2.34. The van der Waals surface area contributed by atoms with Gasteiger partial charge in [-0.15, -0.1) is 0 Å². The normalized spacial score (nSPS) is 15.7. The van der Waals surface area contributed by atoms with E-state index in [0.29, 0.717) is 5.52 Å². The minimum atomic E-state index is -4.36. The number of halogens is 3. The molecule has 0 radical (unpaired) electrons. The number of rotatable bonds is 2. The van der Waals surface area contributed by atoms with E-state index in [4.69, 9.17) is 0 Å². The molecule has 1 aliphatic heterocycles. The molecule has 3 heterocycles. The lowest BCUT2D eigenvalue weighted by molar-refractivity contribution is -0.137. The molecule has 136 valence electrons. The van der Waals surface area contributed by atoms with Crippen molar-refractivity contribution in [1.29, 1.82) is 0 Å². The fourth-order valence-corrected chi connectivity index (χ4v) is 3.86. The number of hydrogen-bond acceptors (Lipinski definition) is 6. The Hall–Kier alpha value is -2.42. The summed E-state index contributed by atoms with van der Waals surface area (Å²) in [6.45, 7) is 4.98. The van der Waals surface area contributed by atoms with E-state index >= 15 is 0 Å². The van der Waals surface area contributed by atoms with Crippen molar-refractivity contribution >= 4 is 33.3 Å². The molecule has 1 fully saturated rings. The molecule has 26 heavy (non-hydrogen) atoms. The fourth-order valence-electron chi connectivity index (χ4n) is 3.14. The number of nitrogens with zero attached hydrogens (tertiary/aromatic N) is 5. The number of piperazine rings is 1. The van der Waals surface area contributed by atoms with Gasteiger partial charge in [0.1, 0.15) is 5.82 Å². The van der Waals surface area contributed by atoms with Crippen LogP contribution in [0.5, 0.6) is 0 Å². The monoisotopic (exact) mass is 379 g/mol. The minimum absolute atomic E-state index is 0.361. The van der Waals surface area contributed by atoms with Crippen LogP contribution < -0.4 is 9.80 Å². The molecule has 0 aliphatic carbocycles. The number of anilines is 2. The Morgan fingerprint density at radius 3 is 2.42 bits per heavy atom. The van der Waals surface area contributed by atoms with Crippen molar-refractivity contribution in [1.82, 2.24) is 14.3 Å². The first kappa shape index (κ1) is 17.0. The van der Waals surface area contributed by atoms with Gasteiger partial charge < -0.3 is 9.80 Å². The third-order valence-electron chi connectivity index (χ3n) is 4.45. The van der Waals surface area contributed by atoms with Crippen LogP contribution in [0, 0.1) is 6.92 Å². The summed E-state index contributed by atoms with van der Waals surface area (Å²) in [6, 6.07) is 5.61. The van der Waals surface area contributed by atoms with Gasteiger partial charge in [0.25, 0.3) is 0 Å². The summed E-state index contributed by atoms with van der Waals surface area (Å²) in [6.07, 6.45) is -2.80. The van der Waals surface area contributed by atoms with Gasteiger partial charge in [0.2, 0.25) is 5.13 Å². The van der Waals surface area contributed by atoms with Gasteiger partial charge in [0.05, 0.1) is 11.1 Å². The highest BCUT2D eigenvalue weighted by molar-refractivity contribution is 7.09. The highest BCUT2D eigenvalue weighted by atomic mass is 32.1. The smallest absolute Gasteiger partial charge is 0.367 e. The second kappa shape index (κ2) is 6.39. The molecule has 0 saturated carbocycles. The van der Waals surface area contributed by atoms with E-state index in [0.717, 1.165) is 60.3 Å². The lowest BCUT2D eigenvalue weighted by Crippen LogP contribution is -2.46. The number of benzene rings is 1. The molecule has 0 atom stereocenters. The summed E-state index contributed by atoms with van der Waals surface area (Å²) in [5.74, 6) is 0.771. The maximum absolute atomic E-state index is 12.9. The molecule has 1 saturated heterocycles. The van der Waals surface area contributed by atoms with Gasteiger partial charge in [-0.25, -0.2) is 4.98 Å². The van der Waals surface area contributed by atoms with E-state index in [9.17, 15) is 13.2 Å². The second-order valence-electron chi connectivity index (χ2n) is 6.16. The van der Waals surface area contributed by atoms with Crippen molar-refractivity contribution in [3.63, 3.8) is 0 Å². The Morgan fingerprint density at radius 1 is 1.04 bits per heavy atom. The van der Waals surface area contributed by atoms with Crippen LogP contribution in [-0.4, -0.2) is 40.5 Å². The van der Waals surface area contributed by atoms with Crippen LogP contribution in [0.3, 0.4) is 0 Å². The van der Waals surface area contributed by atoms with Crippen molar-refractivity contribution in [3.8, 4) is 0 Å². The van der Waals surface area contributed by atoms with Crippen LogP contribution in [0.2, 0.25) is 0 Å². The van der Waals surface area contributed by atoms with E-state index in [2.05, 4.69) is 24.1 Å². The van der Waals surface area contributed by atoms with Gasteiger partial charge in [0, 0.05) is 55.0 Å². The van der Waals surface area contributed by atoms with Crippen LogP contribution in [0.4, 0.5) is 24.0 Å². The van der Waals surface area contributed by atoms with E-state index in [1.54, 1.807) is 6.20 Å². The topological polar surface area (TPSA) is 45.2 Å². The average molecular weight is 379 g/mol. The molecule has 0 amide bonds. The van der Waals surface area contributed by atoms with Crippen molar-refractivity contribution in [2.75, 3.05) is 36.0 Å². The van der Waals surface area contributed by atoms with Crippen molar-refractivity contribution in [2.45, 2.75) is 13.1 Å².